The lowest BCUT2D eigenvalue weighted by Gasteiger charge is -2.38. The Morgan fingerprint density at radius 3 is 2.52 bits per heavy atom. The lowest BCUT2D eigenvalue weighted by molar-refractivity contribution is -0.138. The van der Waals surface area contributed by atoms with Gasteiger partial charge in [-0.05, 0) is 30.4 Å². The van der Waals surface area contributed by atoms with E-state index in [0.717, 1.165) is 18.9 Å². The van der Waals surface area contributed by atoms with Crippen molar-refractivity contribution < 1.29 is 27.4 Å². The van der Waals surface area contributed by atoms with Crippen molar-refractivity contribution >= 4 is 5.91 Å². The van der Waals surface area contributed by atoms with E-state index in [-0.39, 0.29) is 24.1 Å². The third-order valence-electron chi connectivity index (χ3n) is 4.59. The summed E-state index contributed by atoms with van der Waals surface area (Å²) in [5.74, 6) is -0.613. The molecule has 0 aliphatic carbocycles. The predicted molar refractivity (Wildman–Crippen MR) is 87.4 cm³/mol. The van der Waals surface area contributed by atoms with E-state index in [0.29, 0.717) is 19.8 Å². The molecule has 0 saturated carbocycles. The lowest BCUT2D eigenvalue weighted by atomic mass is 9.81. The van der Waals surface area contributed by atoms with Gasteiger partial charge in [-0.15, -0.1) is 0 Å². The second-order valence-corrected chi connectivity index (χ2v) is 6.69. The molecule has 0 N–H and O–H groups in total. The molecular weight excluding hydrogens is 335 g/mol. The normalized spacial score (nSPS) is 17.3. The Labute approximate surface area is 145 Å². The van der Waals surface area contributed by atoms with Crippen LogP contribution in [-0.2, 0) is 15.7 Å². The molecule has 1 aliphatic rings. The van der Waals surface area contributed by atoms with Crippen LogP contribution in [0.4, 0.5) is 13.2 Å². The predicted octanol–water partition coefficient (Wildman–Crippen LogP) is 3.61. The van der Waals surface area contributed by atoms with Crippen molar-refractivity contribution in [2.45, 2.75) is 25.9 Å². The molecule has 2 rings (SSSR count). The number of alkyl halides is 3. The number of hydrogen-bond acceptors (Lipinski definition) is 3. The number of ether oxygens (including phenoxy) is 2. The van der Waals surface area contributed by atoms with Crippen LogP contribution in [-0.4, -0.2) is 50.8 Å². The van der Waals surface area contributed by atoms with E-state index in [1.54, 1.807) is 0 Å². The van der Waals surface area contributed by atoms with Crippen molar-refractivity contribution in [2.24, 2.45) is 5.41 Å². The van der Waals surface area contributed by atoms with Crippen LogP contribution < -0.4 is 0 Å². The summed E-state index contributed by atoms with van der Waals surface area (Å²) in [5, 5.41) is 0. The molecule has 4 nitrogen and oxygen atoms in total. The van der Waals surface area contributed by atoms with Crippen molar-refractivity contribution in [3.8, 4) is 0 Å². The number of nitrogens with zero attached hydrogens (tertiary/aromatic N) is 1. The minimum atomic E-state index is -4.57. The molecule has 1 fully saturated rings. The average molecular weight is 359 g/mol. The molecule has 0 bridgehead atoms. The van der Waals surface area contributed by atoms with Crippen molar-refractivity contribution in [3.05, 3.63) is 35.4 Å². The van der Waals surface area contributed by atoms with Gasteiger partial charge in [-0.1, -0.05) is 19.1 Å². The molecule has 1 aliphatic heterocycles. The zero-order chi connectivity index (χ0) is 18.5. The van der Waals surface area contributed by atoms with Gasteiger partial charge in [-0.25, -0.2) is 0 Å². The monoisotopic (exact) mass is 359 g/mol. The van der Waals surface area contributed by atoms with E-state index >= 15 is 0 Å². The highest BCUT2D eigenvalue weighted by atomic mass is 19.4. The summed E-state index contributed by atoms with van der Waals surface area (Å²) in [4.78, 5) is 14.3. The van der Waals surface area contributed by atoms with Crippen LogP contribution in [0.3, 0.4) is 0 Å². The SMILES string of the molecule is COCCN(CC1(C)CCOCC1)C(=O)c1ccccc1C(F)(F)F. The average Bonchev–Trinajstić information content (AvgIpc) is 2.58. The molecule has 0 atom stereocenters. The Hall–Kier alpha value is -1.60. The Morgan fingerprint density at radius 1 is 1.28 bits per heavy atom. The molecule has 0 spiro atoms. The van der Waals surface area contributed by atoms with Crippen LogP contribution in [0.1, 0.15) is 35.7 Å². The zero-order valence-corrected chi connectivity index (χ0v) is 14.6. The molecule has 1 aromatic rings. The third kappa shape index (κ3) is 5.19. The van der Waals surface area contributed by atoms with E-state index in [2.05, 4.69) is 0 Å². The van der Waals surface area contributed by atoms with E-state index in [4.69, 9.17) is 9.47 Å². The van der Waals surface area contributed by atoms with Gasteiger partial charge in [0.15, 0.2) is 0 Å². The van der Waals surface area contributed by atoms with Crippen LogP contribution in [0.5, 0.6) is 0 Å². The van der Waals surface area contributed by atoms with Crippen LogP contribution in [0.2, 0.25) is 0 Å². The first kappa shape index (κ1) is 19.7. The molecule has 0 aromatic heterocycles. The maximum absolute atomic E-state index is 13.2. The minimum Gasteiger partial charge on any atom is -0.383 e. The molecular formula is C18H24F3NO3. The summed E-state index contributed by atoms with van der Waals surface area (Å²) < 4.78 is 50.1. The van der Waals surface area contributed by atoms with Crippen LogP contribution in [0.15, 0.2) is 24.3 Å². The lowest BCUT2D eigenvalue weighted by Crippen LogP contribution is -2.44. The minimum absolute atomic E-state index is 0.172. The fourth-order valence-electron chi connectivity index (χ4n) is 3.02. The number of methoxy groups -OCH3 is 1. The molecule has 1 amide bonds. The van der Waals surface area contributed by atoms with Gasteiger partial charge in [0.25, 0.3) is 5.91 Å². The summed E-state index contributed by atoms with van der Waals surface area (Å²) in [6, 6.07) is 4.92. The van der Waals surface area contributed by atoms with E-state index < -0.39 is 17.6 Å². The fourth-order valence-corrected chi connectivity index (χ4v) is 3.02. The number of halogens is 3. The van der Waals surface area contributed by atoms with Gasteiger partial charge >= 0.3 is 6.18 Å². The van der Waals surface area contributed by atoms with Gasteiger partial charge in [0.05, 0.1) is 17.7 Å². The zero-order valence-electron chi connectivity index (χ0n) is 14.6. The number of benzene rings is 1. The van der Waals surface area contributed by atoms with Gasteiger partial charge in [0, 0.05) is 33.4 Å². The molecule has 1 heterocycles. The summed E-state index contributed by atoms with van der Waals surface area (Å²) in [7, 11) is 1.50. The summed E-state index contributed by atoms with van der Waals surface area (Å²) in [6.07, 6.45) is -3.03. The highest BCUT2D eigenvalue weighted by molar-refractivity contribution is 5.96. The standard InChI is InChI=1S/C18H24F3NO3/c1-17(7-10-25-11-8-17)13-22(9-12-24-2)16(23)14-5-3-4-6-15(14)18(19,20)21/h3-6H,7-13H2,1-2H3. The summed E-state index contributed by atoms with van der Waals surface area (Å²) in [5.41, 5.74) is -1.39. The smallest absolute Gasteiger partial charge is 0.383 e. The first-order valence-corrected chi connectivity index (χ1v) is 8.29. The quantitative estimate of drug-likeness (QED) is 0.779. The van der Waals surface area contributed by atoms with E-state index in [9.17, 15) is 18.0 Å². The summed E-state index contributed by atoms with van der Waals surface area (Å²) >= 11 is 0. The maximum atomic E-state index is 13.2. The molecule has 140 valence electrons. The Balaban J connectivity index is 2.27. The number of carbonyl (C=O) groups excluding carboxylic acids is 1. The first-order chi connectivity index (χ1) is 11.8. The molecule has 25 heavy (non-hydrogen) atoms. The number of hydrogen-bond donors (Lipinski definition) is 0. The Morgan fingerprint density at radius 2 is 1.92 bits per heavy atom. The maximum Gasteiger partial charge on any atom is 0.417 e. The van der Waals surface area contributed by atoms with Crippen molar-refractivity contribution in [1.29, 1.82) is 0 Å². The number of rotatable bonds is 6. The molecule has 0 unspecified atom stereocenters. The van der Waals surface area contributed by atoms with Gasteiger partial charge in [0.1, 0.15) is 0 Å². The number of carbonyl (C=O) groups is 1. The van der Waals surface area contributed by atoms with Crippen molar-refractivity contribution in [3.63, 3.8) is 0 Å². The molecule has 1 saturated heterocycles. The van der Waals surface area contributed by atoms with Gasteiger partial charge in [-0.3, -0.25) is 4.79 Å². The number of amides is 1. The van der Waals surface area contributed by atoms with Gasteiger partial charge in [0.2, 0.25) is 0 Å². The van der Waals surface area contributed by atoms with Crippen LogP contribution >= 0.6 is 0 Å². The highest BCUT2D eigenvalue weighted by Gasteiger charge is 2.37. The fraction of sp³-hybridized carbons (Fsp3) is 0.611. The van der Waals surface area contributed by atoms with Crippen molar-refractivity contribution in [1.82, 2.24) is 4.90 Å². The molecule has 0 radical (unpaired) electrons. The van der Waals surface area contributed by atoms with Gasteiger partial charge in [-0.2, -0.15) is 13.2 Å². The van der Waals surface area contributed by atoms with E-state index in [1.165, 1.54) is 30.2 Å². The van der Waals surface area contributed by atoms with Gasteiger partial charge < -0.3 is 14.4 Å². The summed E-state index contributed by atoms with van der Waals surface area (Å²) in [6.45, 7) is 4.14. The first-order valence-electron chi connectivity index (χ1n) is 8.29. The Kier molecular flexibility index (Phi) is 6.46. The van der Waals surface area contributed by atoms with Crippen molar-refractivity contribution in [2.75, 3.05) is 40.0 Å². The Bertz CT molecular complexity index is 583. The van der Waals surface area contributed by atoms with E-state index in [1.807, 2.05) is 6.92 Å². The molecule has 7 heteroatoms. The topological polar surface area (TPSA) is 38.8 Å². The second kappa shape index (κ2) is 8.19. The second-order valence-electron chi connectivity index (χ2n) is 6.69. The highest BCUT2D eigenvalue weighted by Crippen LogP contribution is 2.34. The molecule has 1 aromatic carbocycles. The van der Waals surface area contributed by atoms with Crippen LogP contribution in [0.25, 0.3) is 0 Å². The van der Waals surface area contributed by atoms with Crippen LogP contribution in [0, 0.1) is 5.41 Å². The third-order valence-corrected chi connectivity index (χ3v) is 4.59. The largest absolute Gasteiger partial charge is 0.417 e.